The fourth-order valence-electron chi connectivity index (χ4n) is 1.75. The predicted molar refractivity (Wildman–Crippen MR) is 77.5 cm³/mol. The second-order valence-corrected chi connectivity index (χ2v) is 5.44. The van der Waals surface area contributed by atoms with Crippen molar-refractivity contribution in [1.82, 2.24) is 9.97 Å². The summed E-state index contributed by atoms with van der Waals surface area (Å²) < 4.78 is 5.85. The largest absolute Gasteiger partial charge is 0.474 e. The molecule has 1 N–H and O–H groups in total. The van der Waals surface area contributed by atoms with Crippen LogP contribution in [0.5, 0.6) is 5.88 Å². The molecular weight excluding hydrogens is 246 g/mol. The van der Waals surface area contributed by atoms with E-state index in [9.17, 15) is 0 Å². The van der Waals surface area contributed by atoms with Crippen molar-refractivity contribution in [3.8, 4) is 5.88 Å². The molecule has 1 atom stereocenters. The summed E-state index contributed by atoms with van der Waals surface area (Å²) in [4.78, 5) is 8.74. The van der Waals surface area contributed by atoms with Crippen molar-refractivity contribution < 1.29 is 4.74 Å². The van der Waals surface area contributed by atoms with Gasteiger partial charge in [0.15, 0.2) is 5.16 Å². The fraction of sp³-hybridized carbons (Fsp3) is 0.692. The van der Waals surface area contributed by atoms with Gasteiger partial charge in [-0.3, -0.25) is 0 Å². The van der Waals surface area contributed by atoms with Crippen LogP contribution in [0.3, 0.4) is 0 Å². The second-order valence-electron chi connectivity index (χ2n) is 4.67. The van der Waals surface area contributed by atoms with Crippen LogP contribution in [0, 0.1) is 5.92 Å². The SMILES string of the molecule is CCNc1cc(OC(C)CC(C)C)nc(SC)n1. The number of ether oxygens (including phenoxy) is 1. The van der Waals surface area contributed by atoms with Crippen molar-refractivity contribution in [2.24, 2.45) is 5.92 Å². The zero-order valence-corrected chi connectivity index (χ0v) is 12.7. The molecule has 102 valence electrons. The van der Waals surface area contributed by atoms with Gasteiger partial charge < -0.3 is 10.1 Å². The third kappa shape index (κ3) is 5.12. The molecular formula is C13H23N3OS. The van der Waals surface area contributed by atoms with Crippen LogP contribution in [0.15, 0.2) is 11.2 Å². The van der Waals surface area contributed by atoms with Crippen LogP contribution in [0.4, 0.5) is 5.82 Å². The Morgan fingerprint density at radius 1 is 1.33 bits per heavy atom. The van der Waals surface area contributed by atoms with E-state index in [1.165, 1.54) is 11.8 Å². The maximum atomic E-state index is 5.85. The molecule has 1 rings (SSSR count). The van der Waals surface area contributed by atoms with Gasteiger partial charge in [-0.05, 0) is 32.4 Å². The third-order valence-corrected chi connectivity index (χ3v) is 2.90. The van der Waals surface area contributed by atoms with Crippen LogP contribution in [0.2, 0.25) is 0 Å². The quantitative estimate of drug-likeness (QED) is 0.607. The van der Waals surface area contributed by atoms with Crippen LogP contribution in [0.25, 0.3) is 0 Å². The molecule has 0 aliphatic rings. The Bertz CT molecular complexity index is 371. The summed E-state index contributed by atoms with van der Waals surface area (Å²) in [6.45, 7) is 9.34. The molecule has 0 spiro atoms. The number of hydrogen-bond donors (Lipinski definition) is 1. The number of rotatable bonds is 7. The predicted octanol–water partition coefficient (Wildman–Crippen LogP) is 3.44. The molecule has 1 unspecified atom stereocenters. The number of nitrogens with one attached hydrogen (secondary N) is 1. The zero-order valence-electron chi connectivity index (χ0n) is 11.9. The summed E-state index contributed by atoms with van der Waals surface area (Å²) >= 11 is 1.52. The van der Waals surface area contributed by atoms with Gasteiger partial charge in [0.1, 0.15) is 5.82 Å². The van der Waals surface area contributed by atoms with Gasteiger partial charge in [0.25, 0.3) is 0 Å². The highest BCUT2D eigenvalue weighted by molar-refractivity contribution is 7.98. The Kier molecular flexibility index (Phi) is 6.25. The van der Waals surface area contributed by atoms with Gasteiger partial charge in [-0.15, -0.1) is 0 Å². The lowest BCUT2D eigenvalue weighted by Gasteiger charge is -2.16. The number of anilines is 1. The Balaban J connectivity index is 2.77. The van der Waals surface area contributed by atoms with Crippen LogP contribution < -0.4 is 10.1 Å². The molecule has 0 aromatic carbocycles. The zero-order chi connectivity index (χ0) is 13.5. The number of nitrogens with zero attached hydrogens (tertiary/aromatic N) is 2. The van der Waals surface area contributed by atoms with Gasteiger partial charge in [0.05, 0.1) is 6.10 Å². The highest BCUT2D eigenvalue weighted by Gasteiger charge is 2.10. The lowest BCUT2D eigenvalue weighted by Crippen LogP contribution is -2.15. The van der Waals surface area contributed by atoms with Gasteiger partial charge in [-0.1, -0.05) is 25.6 Å². The van der Waals surface area contributed by atoms with Crippen LogP contribution in [-0.4, -0.2) is 28.9 Å². The van der Waals surface area contributed by atoms with Gasteiger partial charge in [-0.25, -0.2) is 4.98 Å². The van der Waals surface area contributed by atoms with E-state index in [0.717, 1.165) is 23.9 Å². The summed E-state index contributed by atoms with van der Waals surface area (Å²) in [5.74, 6) is 2.09. The monoisotopic (exact) mass is 269 g/mol. The Labute approximate surface area is 114 Å². The van der Waals surface area contributed by atoms with Crippen molar-refractivity contribution >= 4 is 17.6 Å². The molecule has 0 bridgehead atoms. The van der Waals surface area contributed by atoms with Crippen molar-refractivity contribution in [1.29, 1.82) is 0 Å². The van der Waals surface area contributed by atoms with Gasteiger partial charge in [-0.2, -0.15) is 4.98 Å². The summed E-state index contributed by atoms with van der Waals surface area (Å²) in [6, 6.07) is 1.86. The molecule has 0 fully saturated rings. The maximum absolute atomic E-state index is 5.85. The Morgan fingerprint density at radius 3 is 2.61 bits per heavy atom. The molecule has 1 aromatic rings. The maximum Gasteiger partial charge on any atom is 0.219 e. The lowest BCUT2D eigenvalue weighted by atomic mass is 10.1. The normalized spacial score (nSPS) is 12.6. The molecule has 1 heterocycles. The van der Waals surface area contributed by atoms with Gasteiger partial charge in [0, 0.05) is 12.6 Å². The van der Waals surface area contributed by atoms with Crippen molar-refractivity contribution in [2.45, 2.75) is 45.4 Å². The topological polar surface area (TPSA) is 47.0 Å². The number of hydrogen-bond acceptors (Lipinski definition) is 5. The van der Waals surface area contributed by atoms with E-state index in [1.54, 1.807) is 0 Å². The molecule has 0 amide bonds. The first kappa shape index (κ1) is 15.1. The van der Waals surface area contributed by atoms with E-state index in [1.807, 2.05) is 19.2 Å². The molecule has 0 radical (unpaired) electrons. The minimum absolute atomic E-state index is 0.170. The minimum atomic E-state index is 0.170. The van der Waals surface area contributed by atoms with E-state index in [0.29, 0.717) is 11.8 Å². The second kappa shape index (κ2) is 7.46. The molecule has 0 aliphatic carbocycles. The smallest absolute Gasteiger partial charge is 0.219 e. The molecule has 0 aliphatic heterocycles. The first-order chi connectivity index (χ1) is 8.55. The lowest BCUT2D eigenvalue weighted by molar-refractivity contribution is 0.184. The van der Waals surface area contributed by atoms with E-state index < -0.39 is 0 Å². The first-order valence-corrected chi connectivity index (χ1v) is 7.61. The standard InChI is InChI=1S/C13H23N3OS/c1-6-14-11-8-12(16-13(15-11)18-5)17-10(4)7-9(2)3/h8-10H,6-7H2,1-5H3,(H,14,15,16). The third-order valence-electron chi connectivity index (χ3n) is 2.35. The molecule has 4 nitrogen and oxygen atoms in total. The number of aromatic nitrogens is 2. The Hall–Kier alpha value is -0.970. The highest BCUT2D eigenvalue weighted by Crippen LogP contribution is 2.21. The highest BCUT2D eigenvalue weighted by atomic mass is 32.2. The molecule has 0 saturated heterocycles. The van der Waals surface area contributed by atoms with E-state index in [2.05, 4.69) is 36.1 Å². The van der Waals surface area contributed by atoms with Crippen LogP contribution >= 0.6 is 11.8 Å². The molecule has 0 saturated carbocycles. The number of thioether (sulfide) groups is 1. The van der Waals surface area contributed by atoms with E-state index in [-0.39, 0.29) is 6.10 Å². The first-order valence-electron chi connectivity index (χ1n) is 6.38. The molecule has 1 aromatic heterocycles. The van der Waals surface area contributed by atoms with Crippen LogP contribution in [-0.2, 0) is 0 Å². The van der Waals surface area contributed by atoms with Crippen molar-refractivity contribution in [3.05, 3.63) is 6.07 Å². The Morgan fingerprint density at radius 2 is 2.06 bits per heavy atom. The summed E-state index contributed by atoms with van der Waals surface area (Å²) in [7, 11) is 0. The molecule has 18 heavy (non-hydrogen) atoms. The fourth-order valence-corrected chi connectivity index (χ4v) is 2.12. The van der Waals surface area contributed by atoms with Crippen LogP contribution in [0.1, 0.15) is 34.1 Å². The van der Waals surface area contributed by atoms with Crippen molar-refractivity contribution in [2.75, 3.05) is 18.1 Å². The van der Waals surface area contributed by atoms with Gasteiger partial charge in [0.2, 0.25) is 5.88 Å². The van der Waals surface area contributed by atoms with E-state index in [4.69, 9.17) is 4.74 Å². The summed E-state index contributed by atoms with van der Waals surface area (Å²) in [5.41, 5.74) is 0. The average Bonchev–Trinajstić information content (AvgIpc) is 2.27. The van der Waals surface area contributed by atoms with E-state index >= 15 is 0 Å². The van der Waals surface area contributed by atoms with Crippen molar-refractivity contribution in [3.63, 3.8) is 0 Å². The minimum Gasteiger partial charge on any atom is -0.474 e. The summed E-state index contributed by atoms with van der Waals surface area (Å²) in [6.07, 6.45) is 3.16. The van der Waals surface area contributed by atoms with Gasteiger partial charge >= 0.3 is 0 Å². The molecule has 5 heteroatoms. The average molecular weight is 269 g/mol. The summed E-state index contributed by atoms with van der Waals surface area (Å²) in [5, 5.41) is 3.93.